The number of rotatable bonds is 7. The summed E-state index contributed by atoms with van der Waals surface area (Å²) in [6.45, 7) is 0. The van der Waals surface area contributed by atoms with Gasteiger partial charge < -0.3 is 14.0 Å². The van der Waals surface area contributed by atoms with Crippen molar-refractivity contribution in [2.24, 2.45) is 40.9 Å². The maximum Gasteiger partial charge on any atom is 0.339 e. The Morgan fingerprint density at radius 2 is 1.35 bits per heavy atom. The van der Waals surface area contributed by atoms with Gasteiger partial charge in [-0.1, -0.05) is 12.8 Å². The molecule has 0 heterocycles. The smallest absolute Gasteiger partial charge is 0.339 e. The van der Waals surface area contributed by atoms with Gasteiger partial charge in [-0.25, -0.2) is 13.2 Å². The highest BCUT2D eigenvalue weighted by molar-refractivity contribution is 14.1. The third kappa shape index (κ3) is 5.95. The summed E-state index contributed by atoms with van der Waals surface area (Å²) in [5.41, 5.74) is 0.295. The maximum absolute atomic E-state index is 14.6. The van der Waals surface area contributed by atoms with Crippen LogP contribution in [0.4, 0.5) is 0 Å². The van der Waals surface area contributed by atoms with Gasteiger partial charge in [0.15, 0.2) is 0 Å². The van der Waals surface area contributed by atoms with Gasteiger partial charge in [-0.3, -0.25) is 4.79 Å². The molecule has 8 aliphatic rings. The van der Waals surface area contributed by atoms with Crippen molar-refractivity contribution in [2.45, 2.75) is 112 Å². The van der Waals surface area contributed by atoms with Gasteiger partial charge in [0.05, 0.1) is 15.9 Å². The van der Waals surface area contributed by atoms with Crippen LogP contribution in [0.2, 0.25) is 0 Å². The lowest BCUT2D eigenvalue weighted by Gasteiger charge is -2.59. The third-order valence-electron chi connectivity index (χ3n) is 13.8. The van der Waals surface area contributed by atoms with E-state index >= 15 is 0 Å². The van der Waals surface area contributed by atoms with E-state index in [0.29, 0.717) is 65.4 Å². The lowest BCUT2D eigenvalue weighted by Crippen LogP contribution is -2.60. The average molecular weight is 1020 g/mol. The Morgan fingerprint density at radius 1 is 0.755 bits per heavy atom. The van der Waals surface area contributed by atoms with E-state index in [9.17, 15) is 22.6 Å². The van der Waals surface area contributed by atoms with Crippen molar-refractivity contribution in [2.75, 3.05) is 0 Å². The Labute approximate surface area is 329 Å². The predicted octanol–water partition coefficient (Wildman–Crippen LogP) is 9.31. The lowest BCUT2D eigenvalue weighted by molar-refractivity contribution is -0.189. The van der Waals surface area contributed by atoms with Crippen LogP contribution in [0.25, 0.3) is 0 Å². The fraction of sp³-hybridized carbons (Fsp3) is 0.632. The highest BCUT2D eigenvalue weighted by Crippen LogP contribution is 2.64. The molecule has 11 heteroatoms. The maximum atomic E-state index is 14.6. The minimum Gasteiger partial charge on any atom is -0.744 e. The summed E-state index contributed by atoms with van der Waals surface area (Å²) in [5.74, 6) is 2.17. The van der Waals surface area contributed by atoms with Crippen molar-refractivity contribution in [3.63, 3.8) is 0 Å². The van der Waals surface area contributed by atoms with E-state index in [-0.39, 0.29) is 40.5 Å². The van der Waals surface area contributed by atoms with Gasteiger partial charge in [0.25, 0.3) is 0 Å². The second-order valence-electron chi connectivity index (χ2n) is 16.9. The quantitative estimate of drug-likeness (QED) is 0.0895. The molecule has 8 bridgehead atoms. The molecule has 10 rings (SSSR count). The summed E-state index contributed by atoms with van der Waals surface area (Å²) >= 11 is 6.69. The van der Waals surface area contributed by atoms with E-state index < -0.39 is 21.1 Å². The van der Waals surface area contributed by atoms with Crippen LogP contribution in [-0.4, -0.2) is 30.5 Å². The van der Waals surface area contributed by atoms with Crippen molar-refractivity contribution in [1.29, 1.82) is 0 Å². The molecule has 0 N–H and O–H groups in total. The van der Waals surface area contributed by atoms with Crippen LogP contribution in [0.1, 0.15) is 123 Å². The molecule has 0 spiro atoms. The van der Waals surface area contributed by atoms with E-state index in [1.165, 1.54) is 0 Å². The highest BCUT2D eigenvalue weighted by Gasteiger charge is 2.63. The van der Waals surface area contributed by atoms with Crippen LogP contribution in [-0.2, 0) is 19.6 Å². The van der Waals surface area contributed by atoms with Crippen molar-refractivity contribution >= 4 is 89.8 Å². The Morgan fingerprint density at radius 3 is 1.86 bits per heavy atom. The van der Waals surface area contributed by atoms with Crippen LogP contribution < -0.4 is 4.74 Å². The number of halogens is 3. The Bertz CT molecular complexity index is 1810. The van der Waals surface area contributed by atoms with Crippen LogP contribution >= 0.6 is 67.8 Å². The van der Waals surface area contributed by atoms with Crippen molar-refractivity contribution in [3.8, 4) is 5.75 Å². The SMILES string of the molecule is O=C(OC12CC3CC(C1)CC(C(=O)Oc1cc(C4CC5CCC4C5)c(S(=O)(=O)[O-])c(C4CC5CCC4C5)c1)(C3)C2)c1cc(I)cc(I)c1I. The van der Waals surface area contributed by atoms with Crippen LogP contribution in [0.15, 0.2) is 29.2 Å². The van der Waals surface area contributed by atoms with Gasteiger partial charge in [0, 0.05) is 17.1 Å². The molecule has 7 nitrogen and oxygen atoms in total. The van der Waals surface area contributed by atoms with Crippen molar-refractivity contribution in [1.82, 2.24) is 0 Å². The summed E-state index contributed by atoms with van der Waals surface area (Å²) in [5, 5.41) is 0. The second kappa shape index (κ2) is 12.3. The molecule has 0 aromatic heterocycles. The molecule has 8 saturated carbocycles. The summed E-state index contributed by atoms with van der Waals surface area (Å²) in [7, 11) is -4.75. The van der Waals surface area contributed by atoms with E-state index in [1.54, 1.807) is 12.1 Å². The Balaban J connectivity index is 1.06. The highest BCUT2D eigenvalue weighted by atomic mass is 127. The first kappa shape index (κ1) is 34.3. The topological polar surface area (TPSA) is 110 Å². The van der Waals surface area contributed by atoms with Gasteiger partial charge in [0.2, 0.25) is 0 Å². The first-order valence-corrected chi connectivity index (χ1v) is 22.7. The van der Waals surface area contributed by atoms with Crippen LogP contribution in [0.5, 0.6) is 5.75 Å². The zero-order chi connectivity index (χ0) is 34.0. The number of fused-ring (bicyclic) bond motifs is 4. The minimum absolute atomic E-state index is 0.00241. The lowest BCUT2D eigenvalue weighted by atomic mass is 9.48. The molecule has 0 saturated heterocycles. The van der Waals surface area contributed by atoms with Gasteiger partial charge in [0.1, 0.15) is 21.5 Å². The Kier molecular flexibility index (Phi) is 8.57. The molecular formula is C38H40I3O7S-. The van der Waals surface area contributed by atoms with Gasteiger partial charge in [-0.2, -0.15) is 0 Å². The molecular weight excluding hydrogens is 981 g/mol. The van der Waals surface area contributed by atoms with Crippen LogP contribution in [0.3, 0.4) is 0 Å². The van der Waals surface area contributed by atoms with Gasteiger partial charge in [-0.05, 0) is 221 Å². The Hall–Kier alpha value is -0.520. The molecule has 8 fully saturated rings. The molecule has 0 amide bonds. The fourth-order valence-electron chi connectivity index (χ4n) is 12.5. The third-order valence-corrected chi connectivity index (χ3v) is 18.5. The van der Waals surface area contributed by atoms with Gasteiger partial charge in [-0.15, -0.1) is 0 Å². The fourth-order valence-corrected chi connectivity index (χ4v) is 15.9. The largest absolute Gasteiger partial charge is 0.744 e. The molecule has 262 valence electrons. The van der Waals surface area contributed by atoms with Crippen molar-refractivity contribution < 1.29 is 32.0 Å². The number of hydrogen-bond donors (Lipinski definition) is 0. The summed E-state index contributed by atoms with van der Waals surface area (Å²) in [6.07, 6.45) is 12.8. The molecule has 8 atom stereocenters. The normalized spacial score (nSPS) is 38.4. The summed E-state index contributed by atoms with van der Waals surface area (Å²) in [6, 6.07) is 7.42. The molecule has 8 unspecified atom stereocenters. The van der Waals surface area contributed by atoms with Crippen LogP contribution in [0, 0.1) is 51.6 Å². The van der Waals surface area contributed by atoms with Crippen molar-refractivity contribution in [3.05, 3.63) is 51.7 Å². The standard InChI is InChI=1S/C38H41I3O7S/c39-25-10-31(33(41)32(40)11-25)35(42)48-38-16-21-5-22(17-38)15-37(14-21,18-38)36(43)47-26-12-29(27-8-19-1-3-23(27)6-19)34(49(44,45)46)30(13-26)28-9-20-2-4-24(28)7-20/h10-13,19-24,27-28H,1-9,14-18H2,(H,44,45,46)/p-1. The number of carbonyl (C=O) groups excluding carboxylic acids is 2. The van der Waals surface area contributed by atoms with E-state index in [0.717, 1.165) is 81.3 Å². The molecule has 49 heavy (non-hydrogen) atoms. The molecule has 2 aromatic rings. The van der Waals surface area contributed by atoms with E-state index in [2.05, 4.69) is 67.8 Å². The zero-order valence-corrected chi connectivity index (χ0v) is 34.5. The predicted molar refractivity (Wildman–Crippen MR) is 206 cm³/mol. The zero-order valence-electron chi connectivity index (χ0n) is 27.2. The molecule has 2 aromatic carbocycles. The number of ether oxygens (including phenoxy) is 2. The number of benzene rings is 2. The molecule has 0 radical (unpaired) electrons. The number of hydrogen-bond acceptors (Lipinski definition) is 7. The molecule has 8 aliphatic carbocycles. The first-order valence-electron chi connectivity index (χ1n) is 18.0. The first-order chi connectivity index (χ1) is 23.3. The minimum atomic E-state index is -4.75. The van der Waals surface area contributed by atoms with E-state index in [4.69, 9.17) is 9.47 Å². The summed E-state index contributed by atoms with van der Waals surface area (Å²) in [4.78, 5) is 28.3. The second-order valence-corrected chi connectivity index (χ2v) is 21.7. The van der Waals surface area contributed by atoms with E-state index in [1.807, 2.05) is 12.1 Å². The van der Waals surface area contributed by atoms with Gasteiger partial charge >= 0.3 is 11.9 Å². The molecule has 0 aliphatic heterocycles. The average Bonchev–Trinajstić information content (AvgIpc) is 3.84. The number of esters is 2. The summed E-state index contributed by atoms with van der Waals surface area (Å²) < 4.78 is 55.2. The monoisotopic (exact) mass is 1020 g/mol. The number of carbonyl (C=O) groups is 2.